The molecule has 1 aliphatic rings. The van der Waals surface area contributed by atoms with Crippen LogP contribution >= 0.6 is 0 Å². The van der Waals surface area contributed by atoms with Crippen LogP contribution in [-0.4, -0.2) is 15.2 Å². The van der Waals surface area contributed by atoms with E-state index in [9.17, 15) is 0 Å². The van der Waals surface area contributed by atoms with Crippen LogP contribution in [0.1, 0.15) is 5.82 Å². The summed E-state index contributed by atoms with van der Waals surface area (Å²) in [6, 6.07) is 15.3. The summed E-state index contributed by atoms with van der Waals surface area (Å²) in [5.41, 5.74) is 3.29. The van der Waals surface area contributed by atoms with Gasteiger partial charge < -0.3 is 5.32 Å². The van der Waals surface area contributed by atoms with Crippen molar-refractivity contribution in [3.8, 4) is 0 Å². The molecule has 3 aromatic rings. The van der Waals surface area contributed by atoms with Crippen LogP contribution in [-0.2, 0) is 0 Å². The minimum Gasteiger partial charge on any atom is -0.337 e. The molecule has 6 heteroatoms. The van der Waals surface area contributed by atoms with Crippen LogP contribution in [0.25, 0.3) is 17.1 Å². The summed E-state index contributed by atoms with van der Waals surface area (Å²) in [5.74, 6) is 1.08. The Balaban J connectivity index is 1.71. The molecule has 0 saturated heterocycles. The molecule has 0 saturated carbocycles. The third-order valence-electron chi connectivity index (χ3n) is 3.08. The lowest BCUT2D eigenvalue weighted by Crippen LogP contribution is -2.02. The van der Waals surface area contributed by atoms with Crippen molar-refractivity contribution in [2.75, 3.05) is 5.32 Å². The first-order chi connectivity index (χ1) is 10.4. The fraction of sp³-hybridized carbons (Fsp3) is 0. The third-order valence-corrected chi connectivity index (χ3v) is 3.08. The molecule has 4 rings (SSSR count). The van der Waals surface area contributed by atoms with Crippen molar-refractivity contribution in [1.82, 2.24) is 15.2 Å². The number of benzene rings is 2. The van der Waals surface area contributed by atoms with Crippen molar-refractivity contribution >= 4 is 28.5 Å². The molecule has 0 fully saturated rings. The van der Waals surface area contributed by atoms with E-state index in [0.29, 0.717) is 11.6 Å². The van der Waals surface area contributed by atoms with E-state index in [1.165, 1.54) is 0 Å². The van der Waals surface area contributed by atoms with Crippen molar-refractivity contribution in [2.45, 2.75) is 0 Å². The molecule has 6 nitrogen and oxygen atoms in total. The molecule has 0 atom stereocenters. The smallest absolute Gasteiger partial charge is 0.178 e. The monoisotopic (exact) mass is 274 g/mol. The van der Waals surface area contributed by atoms with Crippen LogP contribution in [0.5, 0.6) is 0 Å². The van der Waals surface area contributed by atoms with Gasteiger partial charge in [-0.3, -0.25) is 0 Å². The predicted octanol–water partition coefficient (Wildman–Crippen LogP) is 3.53. The average Bonchev–Trinajstić information content (AvgIpc) is 2.55. The van der Waals surface area contributed by atoms with Crippen LogP contribution in [0.15, 0.2) is 64.6 Å². The van der Waals surface area contributed by atoms with Gasteiger partial charge in [-0.1, -0.05) is 24.3 Å². The molecule has 1 aromatic heterocycles. The van der Waals surface area contributed by atoms with Crippen LogP contribution in [0.2, 0.25) is 0 Å². The fourth-order valence-electron chi connectivity index (χ4n) is 2.08. The minimum absolute atomic E-state index is 0.495. The summed E-state index contributed by atoms with van der Waals surface area (Å²) in [6.45, 7) is 0. The molecule has 0 bridgehead atoms. The lowest BCUT2D eigenvalue weighted by atomic mass is 10.2. The molecule has 2 heterocycles. The molecule has 100 valence electrons. The Labute approximate surface area is 120 Å². The Kier molecular flexibility index (Phi) is 2.64. The average molecular weight is 274 g/mol. The molecule has 0 amide bonds. The maximum absolute atomic E-state index is 4.43. The molecule has 0 radical (unpaired) electrons. The number of nitrogens with zero attached hydrogens (tertiary/aromatic N) is 5. The quantitative estimate of drug-likeness (QED) is 0.736. The number of hydrogen-bond acceptors (Lipinski definition) is 6. The van der Waals surface area contributed by atoms with Gasteiger partial charge in [-0.15, -0.1) is 20.4 Å². The van der Waals surface area contributed by atoms with Crippen molar-refractivity contribution < 1.29 is 0 Å². The van der Waals surface area contributed by atoms with Gasteiger partial charge in [0.15, 0.2) is 11.6 Å². The van der Waals surface area contributed by atoms with Gasteiger partial charge in [0.25, 0.3) is 0 Å². The summed E-state index contributed by atoms with van der Waals surface area (Å²) in [6.07, 6.45) is 1.72. The molecule has 1 aliphatic heterocycles. The first-order valence-electron chi connectivity index (χ1n) is 6.47. The molecule has 21 heavy (non-hydrogen) atoms. The third kappa shape index (κ3) is 2.23. The maximum Gasteiger partial charge on any atom is 0.178 e. The van der Waals surface area contributed by atoms with Crippen LogP contribution < -0.4 is 5.32 Å². The highest BCUT2D eigenvalue weighted by Crippen LogP contribution is 2.30. The zero-order valence-electron chi connectivity index (χ0n) is 10.9. The van der Waals surface area contributed by atoms with E-state index in [2.05, 4.69) is 30.7 Å². The summed E-state index contributed by atoms with van der Waals surface area (Å²) < 4.78 is 0. The molecular formula is C15H10N6. The number of hydrogen-bond donors (Lipinski definition) is 1. The highest BCUT2D eigenvalue weighted by Gasteiger charge is 2.09. The van der Waals surface area contributed by atoms with E-state index in [4.69, 9.17) is 0 Å². The van der Waals surface area contributed by atoms with Crippen molar-refractivity contribution in [1.29, 1.82) is 0 Å². The maximum atomic E-state index is 4.43. The summed E-state index contributed by atoms with van der Waals surface area (Å²) in [7, 11) is 0. The Morgan fingerprint density at radius 2 is 1.62 bits per heavy atom. The Morgan fingerprint density at radius 1 is 0.810 bits per heavy atom. The fourth-order valence-corrected chi connectivity index (χ4v) is 2.08. The largest absolute Gasteiger partial charge is 0.337 e. The lowest BCUT2D eigenvalue weighted by Gasteiger charge is -2.12. The van der Waals surface area contributed by atoms with E-state index in [-0.39, 0.29) is 0 Å². The molecule has 0 aliphatic carbocycles. The second kappa shape index (κ2) is 4.75. The first-order valence-corrected chi connectivity index (χ1v) is 6.47. The van der Waals surface area contributed by atoms with Gasteiger partial charge in [-0.05, 0) is 24.3 Å². The number of fused-ring (bicyclic) bond motifs is 2. The van der Waals surface area contributed by atoms with Crippen LogP contribution in [0, 0.1) is 0 Å². The summed E-state index contributed by atoms with van der Waals surface area (Å²) in [4.78, 5) is 4.43. The second-order valence-corrected chi connectivity index (χ2v) is 4.53. The van der Waals surface area contributed by atoms with Gasteiger partial charge >= 0.3 is 0 Å². The number of rotatable bonds is 1. The zero-order chi connectivity index (χ0) is 14.1. The van der Waals surface area contributed by atoms with Gasteiger partial charge in [0, 0.05) is 6.08 Å². The minimum atomic E-state index is 0.495. The predicted molar refractivity (Wildman–Crippen MR) is 79.9 cm³/mol. The van der Waals surface area contributed by atoms with Crippen molar-refractivity contribution in [3.05, 3.63) is 60.2 Å². The van der Waals surface area contributed by atoms with Gasteiger partial charge in [-0.25, -0.2) is 4.98 Å². The Morgan fingerprint density at radius 3 is 2.57 bits per heavy atom. The molecule has 1 N–H and O–H groups in total. The number of para-hydroxylation sites is 2. The van der Waals surface area contributed by atoms with E-state index in [1.807, 2.05) is 48.5 Å². The number of anilines is 1. The number of aromatic nitrogens is 3. The van der Waals surface area contributed by atoms with Gasteiger partial charge in [0.2, 0.25) is 0 Å². The van der Waals surface area contributed by atoms with Crippen molar-refractivity contribution in [3.63, 3.8) is 0 Å². The number of nitrogens with one attached hydrogen (secondary N) is 1. The van der Waals surface area contributed by atoms with Gasteiger partial charge in [-0.2, -0.15) is 0 Å². The molecular weight excluding hydrogens is 264 g/mol. The molecule has 0 unspecified atom stereocenters. The number of azo groups is 1. The van der Waals surface area contributed by atoms with E-state index in [0.717, 1.165) is 22.4 Å². The summed E-state index contributed by atoms with van der Waals surface area (Å²) >= 11 is 0. The van der Waals surface area contributed by atoms with Crippen molar-refractivity contribution in [2.24, 2.45) is 10.2 Å². The first kappa shape index (κ1) is 11.7. The van der Waals surface area contributed by atoms with Crippen LogP contribution in [0.4, 0.5) is 11.4 Å². The summed E-state index contributed by atoms with van der Waals surface area (Å²) in [5, 5.41) is 19.7. The highest BCUT2D eigenvalue weighted by atomic mass is 15.2. The molecule has 2 aromatic carbocycles. The standard InChI is InChI=1S/C15H10N6/c1-3-7-12-10(5-1)16-14(20-18-12)9-15-17-11-6-2-4-8-13(11)19-21-15/h1-9,16H. The van der Waals surface area contributed by atoms with E-state index < -0.39 is 0 Å². The zero-order valence-corrected chi connectivity index (χ0v) is 10.9. The van der Waals surface area contributed by atoms with E-state index >= 15 is 0 Å². The Hall–Kier alpha value is -3.15. The Bertz CT molecular complexity index is 884. The molecule has 0 spiro atoms. The van der Waals surface area contributed by atoms with Crippen LogP contribution in [0.3, 0.4) is 0 Å². The van der Waals surface area contributed by atoms with E-state index in [1.54, 1.807) is 6.08 Å². The highest BCUT2D eigenvalue weighted by molar-refractivity contribution is 5.75. The topological polar surface area (TPSA) is 75.4 Å². The lowest BCUT2D eigenvalue weighted by molar-refractivity contribution is 0.995. The van der Waals surface area contributed by atoms with Gasteiger partial charge in [0.05, 0.1) is 11.2 Å². The second-order valence-electron chi connectivity index (χ2n) is 4.53. The normalized spacial score (nSPS) is 15.0. The SMILES string of the molecule is C(=C1N=Nc2ccccc2N1)c1nnc2ccccc2n1. The van der Waals surface area contributed by atoms with Gasteiger partial charge in [0.1, 0.15) is 11.2 Å².